The number of hydrogen-bond donors (Lipinski definition) is 2. The second-order valence-corrected chi connectivity index (χ2v) is 7.12. The van der Waals surface area contributed by atoms with Crippen LogP contribution in [0.3, 0.4) is 0 Å². The van der Waals surface area contributed by atoms with Gasteiger partial charge in [-0.2, -0.15) is 0 Å². The Hall–Kier alpha value is -3.16. The molecule has 1 saturated heterocycles. The van der Waals surface area contributed by atoms with Gasteiger partial charge in [0.2, 0.25) is 0 Å². The number of piperazine rings is 1. The van der Waals surface area contributed by atoms with E-state index >= 15 is 0 Å². The van der Waals surface area contributed by atoms with Crippen LogP contribution in [0.25, 0.3) is 11.1 Å². The van der Waals surface area contributed by atoms with Gasteiger partial charge in [-0.1, -0.05) is 18.2 Å². The molecule has 0 saturated carbocycles. The zero-order chi connectivity index (χ0) is 20.9. The van der Waals surface area contributed by atoms with Crippen LogP contribution < -0.4 is 19.7 Å². The number of anilines is 1. The van der Waals surface area contributed by atoms with Crippen molar-refractivity contribution in [2.45, 2.75) is 12.6 Å². The van der Waals surface area contributed by atoms with Gasteiger partial charge in [0.05, 0.1) is 33.1 Å². The van der Waals surface area contributed by atoms with E-state index < -0.39 is 0 Å². The molecule has 4 rings (SSSR count). The first kappa shape index (κ1) is 20.1. The van der Waals surface area contributed by atoms with Crippen molar-refractivity contribution in [3.63, 3.8) is 0 Å². The highest BCUT2D eigenvalue weighted by atomic mass is 16.5. The van der Waals surface area contributed by atoms with Gasteiger partial charge in [-0.25, -0.2) is 4.98 Å². The van der Waals surface area contributed by atoms with Crippen LogP contribution in [0.4, 0.5) is 5.82 Å². The van der Waals surface area contributed by atoms with Crippen LogP contribution >= 0.6 is 0 Å². The minimum Gasteiger partial charge on any atom is -0.493 e. The van der Waals surface area contributed by atoms with Gasteiger partial charge in [0.1, 0.15) is 5.82 Å². The lowest BCUT2D eigenvalue weighted by Gasteiger charge is -2.38. The molecule has 2 aromatic carbocycles. The largest absolute Gasteiger partial charge is 0.493 e. The van der Waals surface area contributed by atoms with Crippen molar-refractivity contribution in [3.8, 4) is 22.6 Å². The number of nitrogens with one attached hydrogen (secondary N) is 1. The Morgan fingerprint density at radius 2 is 1.87 bits per heavy atom. The average molecular weight is 406 g/mol. The Bertz CT molecular complexity index is 997. The van der Waals surface area contributed by atoms with Crippen LogP contribution in [0.15, 0.2) is 55.0 Å². The number of methoxy groups -OCH3 is 2. The van der Waals surface area contributed by atoms with Crippen molar-refractivity contribution in [2.75, 3.05) is 38.8 Å². The first-order valence-corrected chi connectivity index (χ1v) is 9.94. The van der Waals surface area contributed by atoms with E-state index in [1.54, 1.807) is 32.8 Å². The molecule has 0 aliphatic carbocycles. The number of aliphatic hydroxyl groups excluding tert-OH is 1. The van der Waals surface area contributed by atoms with Gasteiger partial charge in [0.25, 0.3) is 0 Å². The Morgan fingerprint density at radius 1 is 1.07 bits per heavy atom. The first-order chi connectivity index (χ1) is 14.7. The second-order valence-electron chi connectivity index (χ2n) is 7.12. The quantitative estimate of drug-likeness (QED) is 0.652. The lowest BCUT2D eigenvalue weighted by atomic mass is 9.93. The highest BCUT2D eigenvalue weighted by molar-refractivity contribution is 5.68. The van der Waals surface area contributed by atoms with Crippen LogP contribution in [0.2, 0.25) is 0 Å². The topological polar surface area (TPSA) is 79.7 Å². The van der Waals surface area contributed by atoms with E-state index in [0.717, 1.165) is 47.7 Å². The summed E-state index contributed by atoms with van der Waals surface area (Å²) in [5.74, 6) is 2.21. The van der Waals surface area contributed by atoms with Gasteiger partial charge in [-0.05, 0) is 40.5 Å². The number of aromatic nitrogens is 2. The Labute approximate surface area is 176 Å². The summed E-state index contributed by atoms with van der Waals surface area (Å²) in [6, 6.07) is 12.1. The molecule has 0 bridgehead atoms. The number of rotatable bonds is 6. The molecule has 0 radical (unpaired) electrons. The van der Waals surface area contributed by atoms with E-state index in [1.807, 2.05) is 24.3 Å². The predicted octanol–water partition coefficient (Wildman–Crippen LogP) is 2.80. The number of hydrogen-bond acceptors (Lipinski definition) is 7. The second kappa shape index (κ2) is 9.11. The summed E-state index contributed by atoms with van der Waals surface area (Å²) in [5.41, 5.74) is 3.99. The van der Waals surface area contributed by atoms with Crippen LogP contribution in [0, 0.1) is 0 Å². The standard InChI is InChI=1S/C23H26N4O3/c1-29-21-6-4-17(12-22(21)30-2)16-3-5-19(18(11-16)15-28)20-13-25-9-10-27(20)23-14-24-7-8-26-23/h3-8,11-12,14,20,25,28H,9-10,13,15H2,1-2H3. The highest BCUT2D eigenvalue weighted by Crippen LogP contribution is 2.35. The zero-order valence-corrected chi connectivity index (χ0v) is 17.2. The van der Waals surface area contributed by atoms with Crippen molar-refractivity contribution < 1.29 is 14.6 Å². The maximum atomic E-state index is 10.1. The molecule has 1 aromatic heterocycles. The van der Waals surface area contributed by atoms with Crippen molar-refractivity contribution in [1.82, 2.24) is 15.3 Å². The van der Waals surface area contributed by atoms with Crippen molar-refractivity contribution in [2.24, 2.45) is 0 Å². The summed E-state index contributed by atoms with van der Waals surface area (Å²) in [6.07, 6.45) is 5.17. The van der Waals surface area contributed by atoms with Gasteiger partial charge in [-0.3, -0.25) is 4.98 Å². The molecule has 1 aliphatic heterocycles. The molecule has 1 atom stereocenters. The Morgan fingerprint density at radius 3 is 2.60 bits per heavy atom. The molecule has 30 heavy (non-hydrogen) atoms. The SMILES string of the molecule is COc1ccc(-c2ccc(C3CNCCN3c3cnccn3)c(CO)c2)cc1OC. The van der Waals surface area contributed by atoms with E-state index in [2.05, 4.69) is 32.3 Å². The number of ether oxygens (including phenoxy) is 2. The van der Waals surface area contributed by atoms with Crippen LogP contribution in [0.1, 0.15) is 17.2 Å². The van der Waals surface area contributed by atoms with Crippen LogP contribution in [-0.2, 0) is 6.61 Å². The maximum Gasteiger partial charge on any atom is 0.161 e. The lowest BCUT2D eigenvalue weighted by molar-refractivity contribution is 0.279. The highest BCUT2D eigenvalue weighted by Gasteiger charge is 2.27. The molecule has 1 unspecified atom stereocenters. The first-order valence-electron chi connectivity index (χ1n) is 9.94. The third kappa shape index (κ3) is 3.94. The fraction of sp³-hybridized carbons (Fsp3) is 0.304. The molecule has 1 aliphatic rings. The minimum atomic E-state index is -0.0404. The number of aliphatic hydroxyl groups is 1. The van der Waals surface area contributed by atoms with Gasteiger partial charge < -0.3 is 24.8 Å². The fourth-order valence-electron chi connectivity index (χ4n) is 3.96. The molecule has 156 valence electrons. The van der Waals surface area contributed by atoms with Crippen molar-refractivity contribution in [3.05, 3.63) is 66.1 Å². The third-order valence-electron chi connectivity index (χ3n) is 5.48. The third-order valence-corrected chi connectivity index (χ3v) is 5.48. The molecule has 7 heteroatoms. The summed E-state index contributed by atoms with van der Waals surface area (Å²) in [4.78, 5) is 10.9. The van der Waals surface area contributed by atoms with Gasteiger partial charge in [-0.15, -0.1) is 0 Å². The molecule has 2 N–H and O–H groups in total. The molecular formula is C23H26N4O3. The molecule has 3 aromatic rings. The molecule has 0 amide bonds. The van der Waals surface area contributed by atoms with E-state index in [1.165, 1.54) is 0 Å². The van der Waals surface area contributed by atoms with E-state index in [0.29, 0.717) is 11.5 Å². The fourth-order valence-corrected chi connectivity index (χ4v) is 3.96. The van der Waals surface area contributed by atoms with E-state index in [4.69, 9.17) is 9.47 Å². The lowest BCUT2D eigenvalue weighted by Crippen LogP contribution is -2.46. The van der Waals surface area contributed by atoms with Crippen molar-refractivity contribution in [1.29, 1.82) is 0 Å². The molecular weight excluding hydrogens is 380 g/mol. The van der Waals surface area contributed by atoms with Crippen molar-refractivity contribution >= 4 is 5.82 Å². The number of nitrogens with zero attached hydrogens (tertiary/aromatic N) is 3. The number of benzene rings is 2. The summed E-state index contributed by atoms with van der Waals surface area (Å²) in [5, 5.41) is 13.6. The maximum absolute atomic E-state index is 10.1. The molecule has 7 nitrogen and oxygen atoms in total. The Balaban J connectivity index is 1.70. The average Bonchev–Trinajstić information content (AvgIpc) is 2.83. The smallest absolute Gasteiger partial charge is 0.161 e. The summed E-state index contributed by atoms with van der Waals surface area (Å²) in [7, 11) is 3.25. The van der Waals surface area contributed by atoms with Gasteiger partial charge in [0.15, 0.2) is 11.5 Å². The van der Waals surface area contributed by atoms with Gasteiger partial charge in [0, 0.05) is 32.0 Å². The van der Waals surface area contributed by atoms with E-state index in [-0.39, 0.29) is 12.6 Å². The molecule has 1 fully saturated rings. The summed E-state index contributed by atoms with van der Waals surface area (Å²) in [6.45, 7) is 2.44. The zero-order valence-electron chi connectivity index (χ0n) is 17.2. The van der Waals surface area contributed by atoms with Gasteiger partial charge >= 0.3 is 0 Å². The van der Waals surface area contributed by atoms with Crippen LogP contribution in [-0.4, -0.2) is 48.9 Å². The summed E-state index contributed by atoms with van der Waals surface area (Å²) >= 11 is 0. The molecule has 0 spiro atoms. The summed E-state index contributed by atoms with van der Waals surface area (Å²) < 4.78 is 10.8. The van der Waals surface area contributed by atoms with E-state index in [9.17, 15) is 5.11 Å². The minimum absolute atomic E-state index is 0.0404. The van der Waals surface area contributed by atoms with Crippen LogP contribution in [0.5, 0.6) is 11.5 Å². The monoisotopic (exact) mass is 406 g/mol. The normalized spacial score (nSPS) is 16.4. The predicted molar refractivity (Wildman–Crippen MR) is 116 cm³/mol. The Kier molecular flexibility index (Phi) is 6.11. The molecule has 2 heterocycles.